The molecule has 6 heteroatoms. The van der Waals surface area contributed by atoms with Crippen LogP contribution in [0.3, 0.4) is 0 Å². The Kier molecular flexibility index (Phi) is 3.70. The number of carbonyl (C=O) groups is 1. The minimum atomic E-state index is -0.0684. The molecule has 0 fully saturated rings. The molecular weight excluding hydrogens is 286 g/mol. The molecule has 108 valence electrons. The lowest BCUT2D eigenvalue weighted by molar-refractivity contribution is -0.116. The van der Waals surface area contributed by atoms with E-state index in [2.05, 4.69) is 15.5 Å². The number of hydrogen-bond acceptors (Lipinski definition) is 6. The van der Waals surface area contributed by atoms with Gasteiger partial charge in [0.25, 0.3) is 0 Å². The van der Waals surface area contributed by atoms with Crippen LogP contribution in [0.2, 0.25) is 0 Å². The number of allylic oxidation sites excluding steroid dienone is 2. The zero-order chi connectivity index (χ0) is 14.8. The van der Waals surface area contributed by atoms with Gasteiger partial charge in [-0.25, -0.2) is 4.98 Å². The van der Waals surface area contributed by atoms with Gasteiger partial charge in [0.15, 0.2) is 5.78 Å². The molecule has 1 aliphatic rings. The third-order valence-electron chi connectivity index (χ3n) is 3.33. The van der Waals surface area contributed by atoms with Crippen LogP contribution in [0, 0.1) is 5.92 Å². The van der Waals surface area contributed by atoms with E-state index in [0.29, 0.717) is 23.5 Å². The third kappa shape index (κ3) is 2.95. The molecule has 21 heavy (non-hydrogen) atoms. The fraction of sp³-hybridized carbons (Fsp3) is 0.267. The number of ketones is 1. The van der Waals surface area contributed by atoms with Crippen molar-refractivity contribution in [2.24, 2.45) is 11.0 Å². The number of aliphatic hydroxyl groups is 1. The molecule has 2 N–H and O–H groups in total. The highest BCUT2D eigenvalue weighted by atomic mass is 32.1. The van der Waals surface area contributed by atoms with E-state index in [-0.39, 0.29) is 17.5 Å². The Labute approximate surface area is 126 Å². The lowest BCUT2D eigenvalue weighted by Gasteiger charge is -2.17. The number of fused-ring (bicyclic) bond motifs is 1. The third-order valence-corrected chi connectivity index (χ3v) is 4.28. The van der Waals surface area contributed by atoms with Gasteiger partial charge in [-0.3, -0.25) is 10.2 Å². The SMILES string of the molecule is CC1CC(=O)C(C=NNc2nc3ccccc3s2)=C(O)C1. The molecule has 3 rings (SSSR count). The average molecular weight is 301 g/mol. The normalized spacial score (nSPS) is 19.7. The van der Waals surface area contributed by atoms with Gasteiger partial charge in [-0.1, -0.05) is 30.4 Å². The van der Waals surface area contributed by atoms with Crippen molar-refractivity contribution in [1.29, 1.82) is 0 Å². The molecule has 0 saturated heterocycles. The Morgan fingerprint density at radius 1 is 1.43 bits per heavy atom. The largest absolute Gasteiger partial charge is 0.511 e. The van der Waals surface area contributed by atoms with Gasteiger partial charge >= 0.3 is 0 Å². The van der Waals surface area contributed by atoms with Crippen molar-refractivity contribution in [3.63, 3.8) is 0 Å². The number of hydrogen-bond donors (Lipinski definition) is 2. The highest BCUT2D eigenvalue weighted by molar-refractivity contribution is 7.22. The number of aromatic nitrogens is 1. The van der Waals surface area contributed by atoms with Crippen molar-refractivity contribution in [3.8, 4) is 0 Å². The van der Waals surface area contributed by atoms with Gasteiger partial charge < -0.3 is 5.11 Å². The van der Waals surface area contributed by atoms with Crippen LogP contribution in [0.4, 0.5) is 5.13 Å². The van der Waals surface area contributed by atoms with Crippen LogP contribution in [0.25, 0.3) is 10.2 Å². The van der Waals surface area contributed by atoms with E-state index >= 15 is 0 Å². The first kappa shape index (κ1) is 13.8. The number of nitrogens with zero attached hydrogens (tertiary/aromatic N) is 2. The Bertz CT molecular complexity index is 715. The van der Waals surface area contributed by atoms with Crippen molar-refractivity contribution in [3.05, 3.63) is 35.6 Å². The van der Waals surface area contributed by atoms with Crippen LogP contribution in [-0.2, 0) is 4.79 Å². The van der Waals surface area contributed by atoms with E-state index < -0.39 is 0 Å². The van der Waals surface area contributed by atoms with Gasteiger partial charge in [0.2, 0.25) is 5.13 Å². The second-order valence-corrected chi connectivity index (χ2v) is 6.18. The van der Waals surface area contributed by atoms with E-state index in [4.69, 9.17) is 0 Å². The van der Waals surface area contributed by atoms with E-state index in [0.717, 1.165) is 10.2 Å². The molecule has 0 spiro atoms. The average Bonchev–Trinajstić information content (AvgIpc) is 2.84. The summed E-state index contributed by atoms with van der Waals surface area (Å²) < 4.78 is 1.07. The lowest BCUT2D eigenvalue weighted by Crippen LogP contribution is -2.18. The molecule has 1 unspecified atom stereocenters. The predicted molar refractivity (Wildman–Crippen MR) is 84.8 cm³/mol. The van der Waals surface area contributed by atoms with Crippen LogP contribution in [0.1, 0.15) is 19.8 Å². The van der Waals surface area contributed by atoms with Crippen molar-refractivity contribution >= 4 is 38.7 Å². The van der Waals surface area contributed by atoms with E-state index in [1.54, 1.807) is 0 Å². The van der Waals surface area contributed by atoms with Gasteiger partial charge in [-0.2, -0.15) is 5.10 Å². The minimum Gasteiger partial charge on any atom is -0.511 e. The number of hydrazone groups is 1. The molecule has 1 aliphatic carbocycles. The standard InChI is InChI=1S/C15H15N3O2S/c1-9-6-12(19)10(13(20)7-9)8-16-18-15-17-11-4-2-3-5-14(11)21-15/h2-5,8-9,19H,6-7H2,1H3,(H,17,18). The van der Waals surface area contributed by atoms with Crippen LogP contribution in [-0.4, -0.2) is 22.1 Å². The maximum Gasteiger partial charge on any atom is 0.204 e. The van der Waals surface area contributed by atoms with Crippen LogP contribution in [0.15, 0.2) is 40.7 Å². The Morgan fingerprint density at radius 3 is 3.00 bits per heavy atom. The maximum atomic E-state index is 11.8. The summed E-state index contributed by atoms with van der Waals surface area (Å²) in [5, 5.41) is 14.5. The summed E-state index contributed by atoms with van der Waals surface area (Å²) in [4.78, 5) is 16.2. The number of Topliss-reactive ketones (excluding diaryl/α,β-unsaturated/α-hetero) is 1. The predicted octanol–water partition coefficient (Wildman–Crippen LogP) is 3.51. The molecule has 1 atom stereocenters. The zero-order valence-electron chi connectivity index (χ0n) is 11.5. The summed E-state index contributed by atoms with van der Waals surface area (Å²) in [6.07, 6.45) is 2.36. The smallest absolute Gasteiger partial charge is 0.204 e. The van der Waals surface area contributed by atoms with Crippen LogP contribution in [0.5, 0.6) is 0 Å². The Morgan fingerprint density at radius 2 is 2.24 bits per heavy atom. The van der Waals surface area contributed by atoms with Crippen molar-refractivity contribution in [2.45, 2.75) is 19.8 Å². The van der Waals surface area contributed by atoms with E-state index in [1.165, 1.54) is 17.6 Å². The van der Waals surface area contributed by atoms with Gasteiger partial charge in [0.05, 0.1) is 22.0 Å². The molecule has 1 aromatic carbocycles. The van der Waals surface area contributed by atoms with Crippen LogP contribution >= 0.6 is 11.3 Å². The number of benzene rings is 1. The van der Waals surface area contributed by atoms with Gasteiger partial charge in [-0.05, 0) is 18.1 Å². The monoisotopic (exact) mass is 301 g/mol. The highest BCUT2D eigenvalue weighted by Gasteiger charge is 2.23. The van der Waals surface area contributed by atoms with Crippen molar-refractivity contribution in [2.75, 3.05) is 5.43 Å². The molecule has 2 aromatic rings. The molecule has 0 aliphatic heterocycles. The fourth-order valence-corrected chi connectivity index (χ4v) is 3.13. The zero-order valence-corrected chi connectivity index (χ0v) is 12.4. The molecule has 0 saturated carbocycles. The Hall–Kier alpha value is -2.21. The topological polar surface area (TPSA) is 74.6 Å². The van der Waals surface area contributed by atoms with E-state index in [1.807, 2.05) is 31.2 Å². The first-order valence-corrected chi connectivity index (χ1v) is 7.55. The summed E-state index contributed by atoms with van der Waals surface area (Å²) in [5.74, 6) is 0.238. The fourth-order valence-electron chi connectivity index (χ4n) is 2.32. The first-order chi connectivity index (χ1) is 10.1. The molecule has 0 amide bonds. The number of para-hydroxylation sites is 1. The summed E-state index contributed by atoms with van der Waals surface area (Å²) >= 11 is 1.49. The number of anilines is 1. The van der Waals surface area contributed by atoms with Gasteiger partial charge in [0.1, 0.15) is 5.76 Å². The first-order valence-electron chi connectivity index (χ1n) is 6.73. The lowest BCUT2D eigenvalue weighted by atomic mass is 9.89. The Balaban J connectivity index is 1.74. The second kappa shape index (κ2) is 5.65. The van der Waals surface area contributed by atoms with Crippen molar-refractivity contribution < 1.29 is 9.90 Å². The van der Waals surface area contributed by atoms with Crippen LogP contribution < -0.4 is 5.43 Å². The molecule has 0 radical (unpaired) electrons. The molecule has 1 aromatic heterocycles. The minimum absolute atomic E-state index is 0.0684. The van der Waals surface area contributed by atoms with Gasteiger partial charge in [-0.15, -0.1) is 0 Å². The number of nitrogens with one attached hydrogen (secondary N) is 1. The quantitative estimate of drug-likeness (QED) is 0.672. The molecule has 1 heterocycles. The van der Waals surface area contributed by atoms with E-state index in [9.17, 15) is 9.90 Å². The van der Waals surface area contributed by atoms with Gasteiger partial charge in [0, 0.05) is 12.8 Å². The number of rotatable bonds is 3. The highest BCUT2D eigenvalue weighted by Crippen LogP contribution is 2.26. The summed E-state index contributed by atoms with van der Waals surface area (Å²) in [6.45, 7) is 1.95. The molecule has 5 nitrogen and oxygen atoms in total. The molecular formula is C15H15N3O2S. The number of carbonyl (C=O) groups excluding carboxylic acids is 1. The summed E-state index contributed by atoms with van der Waals surface area (Å²) in [6, 6.07) is 7.81. The second-order valence-electron chi connectivity index (χ2n) is 5.15. The van der Waals surface area contributed by atoms with Crippen molar-refractivity contribution in [1.82, 2.24) is 4.98 Å². The summed E-state index contributed by atoms with van der Waals surface area (Å²) in [5.41, 5.74) is 4.01. The number of thiazole rings is 1. The maximum absolute atomic E-state index is 11.8. The number of aliphatic hydroxyl groups excluding tert-OH is 1. The summed E-state index contributed by atoms with van der Waals surface area (Å²) in [7, 11) is 0. The molecule has 0 bridgehead atoms.